The molecule has 2 aliphatic heterocycles. The second kappa shape index (κ2) is 9.06. The predicted molar refractivity (Wildman–Crippen MR) is 125 cm³/mol. The number of aromatic nitrogens is 2. The number of halogens is 2. The van der Waals surface area contributed by atoms with Gasteiger partial charge in [0.2, 0.25) is 5.91 Å². The monoisotopic (exact) mass is 475 g/mol. The predicted octanol–water partition coefficient (Wildman–Crippen LogP) is 3.55. The molecule has 1 aromatic carbocycles. The number of nitrogens with zero attached hydrogens (tertiary/aromatic N) is 4. The number of likely N-dealkylation sites (tertiary alicyclic amines) is 1. The standard InChI is InChI=1S/C24H31ClFN5O2/c1-24(2,3)20(23(33)30-10-6-11-30)28-22(32)19-18-14-29(4)9-5-12-31(18)21(27-19)16-13-15(25)7-8-17(16)26/h7-8,13,20H,5-6,9-12,14H2,1-4H3,(H,28,32)/t20-/m1/s1. The highest BCUT2D eigenvalue weighted by atomic mass is 35.5. The van der Waals surface area contributed by atoms with Crippen LogP contribution >= 0.6 is 11.6 Å². The van der Waals surface area contributed by atoms with E-state index in [9.17, 15) is 14.0 Å². The normalized spacial score (nSPS) is 17.7. The summed E-state index contributed by atoms with van der Waals surface area (Å²) in [5.74, 6) is -0.564. The summed E-state index contributed by atoms with van der Waals surface area (Å²) in [6.45, 7) is 9.18. The molecule has 1 fully saturated rings. The first kappa shape index (κ1) is 23.7. The van der Waals surface area contributed by atoms with Gasteiger partial charge in [0.1, 0.15) is 17.7 Å². The summed E-state index contributed by atoms with van der Waals surface area (Å²) in [6.07, 6.45) is 1.82. The number of carbonyl (C=O) groups is 2. The molecule has 2 aromatic rings. The molecule has 1 aromatic heterocycles. The number of amides is 2. The minimum atomic E-state index is -0.683. The molecule has 7 nitrogen and oxygen atoms in total. The first-order chi connectivity index (χ1) is 15.6. The number of nitrogens with one attached hydrogen (secondary N) is 1. The molecule has 3 heterocycles. The van der Waals surface area contributed by atoms with Crippen LogP contribution < -0.4 is 5.32 Å². The fraction of sp³-hybridized carbons (Fsp3) is 0.542. The third kappa shape index (κ3) is 4.77. The Morgan fingerprint density at radius 1 is 1.15 bits per heavy atom. The van der Waals surface area contributed by atoms with Crippen molar-refractivity contribution < 1.29 is 14.0 Å². The molecular formula is C24H31ClFN5O2. The maximum absolute atomic E-state index is 14.7. The van der Waals surface area contributed by atoms with Gasteiger partial charge in [0, 0.05) is 31.2 Å². The highest BCUT2D eigenvalue weighted by Gasteiger charge is 2.38. The minimum Gasteiger partial charge on any atom is -0.341 e. The van der Waals surface area contributed by atoms with E-state index in [-0.39, 0.29) is 17.2 Å². The van der Waals surface area contributed by atoms with Crippen molar-refractivity contribution in [3.05, 3.63) is 40.4 Å². The molecule has 2 aliphatic rings. The first-order valence-electron chi connectivity index (χ1n) is 11.4. The molecule has 9 heteroatoms. The van der Waals surface area contributed by atoms with Crippen molar-refractivity contribution in [2.24, 2.45) is 5.41 Å². The zero-order chi connectivity index (χ0) is 23.9. The minimum absolute atomic E-state index is 0.0781. The molecule has 1 atom stereocenters. The average molecular weight is 476 g/mol. The third-order valence-electron chi connectivity index (χ3n) is 6.35. The fourth-order valence-corrected chi connectivity index (χ4v) is 4.52. The fourth-order valence-electron chi connectivity index (χ4n) is 4.34. The summed E-state index contributed by atoms with van der Waals surface area (Å²) in [5.41, 5.74) is 0.726. The molecule has 0 aliphatic carbocycles. The summed E-state index contributed by atoms with van der Waals surface area (Å²) in [4.78, 5) is 35.1. The molecule has 1 N–H and O–H groups in total. The molecule has 0 radical (unpaired) electrons. The quantitative estimate of drug-likeness (QED) is 0.734. The molecule has 0 spiro atoms. The van der Waals surface area contributed by atoms with Crippen LogP contribution in [0.15, 0.2) is 18.2 Å². The summed E-state index contributed by atoms with van der Waals surface area (Å²) >= 11 is 6.14. The van der Waals surface area contributed by atoms with Gasteiger partial charge in [-0.2, -0.15) is 0 Å². The first-order valence-corrected chi connectivity index (χ1v) is 11.8. The molecular weight excluding hydrogens is 445 g/mol. The van der Waals surface area contributed by atoms with Gasteiger partial charge < -0.3 is 19.7 Å². The van der Waals surface area contributed by atoms with Crippen molar-refractivity contribution in [1.29, 1.82) is 0 Å². The van der Waals surface area contributed by atoms with Crippen LogP contribution in [0.3, 0.4) is 0 Å². The third-order valence-corrected chi connectivity index (χ3v) is 6.59. The average Bonchev–Trinajstić information content (AvgIpc) is 2.91. The molecule has 1 saturated heterocycles. The second-order valence-corrected chi connectivity index (χ2v) is 10.5. The molecule has 0 bridgehead atoms. The van der Waals surface area contributed by atoms with Gasteiger partial charge in [0.25, 0.3) is 5.91 Å². The Balaban J connectivity index is 1.75. The van der Waals surface area contributed by atoms with E-state index in [0.717, 1.165) is 19.4 Å². The van der Waals surface area contributed by atoms with Crippen LogP contribution in [0.25, 0.3) is 11.4 Å². The number of imidazole rings is 1. The SMILES string of the molecule is CN1CCCn2c(-c3cc(Cl)ccc3F)nc(C(=O)N[C@H](C(=O)N3CCC3)C(C)(C)C)c2C1. The van der Waals surface area contributed by atoms with E-state index in [2.05, 4.69) is 15.2 Å². The Morgan fingerprint density at radius 2 is 1.85 bits per heavy atom. The van der Waals surface area contributed by atoms with Crippen LogP contribution in [0.5, 0.6) is 0 Å². The Kier molecular flexibility index (Phi) is 6.51. The lowest BCUT2D eigenvalue weighted by atomic mass is 9.85. The van der Waals surface area contributed by atoms with Crippen molar-refractivity contribution in [3.8, 4) is 11.4 Å². The van der Waals surface area contributed by atoms with Crippen LogP contribution in [-0.4, -0.2) is 63.9 Å². The molecule has 0 saturated carbocycles. The van der Waals surface area contributed by atoms with Gasteiger partial charge in [-0.05, 0) is 50.0 Å². The van der Waals surface area contributed by atoms with Crippen LogP contribution in [-0.2, 0) is 17.9 Å². The van der Waals surface area contributed by atoms with Gasteiger partial charge in [-0.15, -0.1) is 0 Å². The maximum atomic E-state index is 14.7. The van der Waals surface area contributed by atoms with E-state index in [0.29, 0.717) is 42.7 Å². The molecule has 2 amide bonds. The lowest BCUT2D eigenvalue weighted by Gasteiger charge is -2.38. The van der Waals surface area contributed by atoms with E-state index in [1.54, 1.807) is 4.90 Å². The van der Waals surface area contributed by atoms with Crippen molar-refractivity contribution >= 4 is 23.4 Å². The van der Waals surface area contributed by atoms with Crippen molar-refractivity contribution in [3.63, 3.8) is 0 Å². The number of carbonyl (C=O) groups excluding carboxylic acids is 2. The van der Waals surface area contributed by atoms with E-state index < -0.39 is 23.2 Å². The summed E-state index contributed by atoms with van der Waals surface area (Å²) < 4.78 is 16.7. The molecule has 4 rings (SSSR count). The van der Waals surface area contributed by atoms with Crippen LogP contribution in [0.2, 0.25) is 5.02 Å². The molecule has 0 unspecified atom stereocenters. The van der Waals surface area contributed by atoms with Gasteiger partial charge >= 0.3 is 0 Å². The number of rotatable bonds is 4. The lowest BCUT2D eigenvalue weighted by Crippen LogP contribution is -2.57. The van der Waals surface area contributed by atoms with Gasteiger partial charge in [-0.3, -0.25) is 9.59 Å². The summed E-state index contributed by atoms with van der Waals surface area (Å²) in [5, 5.41) is 3.35. The Morgan fingerprint density at radius 3 is 2.48 bits per heavy atom. The van der Waals surface area contributed by atoms with Gasteiger partial charge in [-0.1, -0.05) is 32.4 Å². The van der Waals surface area contributed by atoms with Crippen molar-refractivity contribution in [1.82, 2.24) is 24.7 Å². The summed E-state index contributed by atoms with van der Waals surface area (Å²) in [7, 11) is 1.98. The van der Waals surface area contributed by atoms with E-state index in [4.69, 9.17) is 11.6 Å². The zero-order valence-corrected chi connectivity index (χ0v) is 20.4. The van der Waals surface area contributed by atoms with Crippen LogP contribution in [0.4, 0.5) is 4.39 Å². The van der Waals surface area contributed by atoms with E-state index in [1.807, 2.05) is 32.4 Å². The van der Waals surface area contributed by atoms with Gasteiger partial charge in [0.15, 0.2) is 5.69 Å². The maximum Gasteiger partial charge on any atom is 0.272 e. The molecule has 178 valence electrons. The lowest BCUT2D eigenvalue weighted by molar-refractivity contribution is -0.139. The van der Waals surface area contributed by atoms with Crippen LogP contribution in [0.1, 0.15) is 49.8 Å². The highest BCUT2D eigenvalue weighted by molar-refractivity contribution is 6.30. The summed E-state index contributed by atoms with van der Waals surface area (Å²) in [6, 6.07) is 3.65. The smallest absolute Gasteiger partial charge is 0.272 e. The highest BCUT2D eigenvalue weighted by Crippen LogP contribution is 2.30. The van der Waals surface area contributed by atoms with Crippen LogP contribution in [0, 0.1) is 11.2 Å². The van der Waals surface area contributed by atoms with Gasteiger partial charge in [-0.25, -0.2) is 9.37 Å². The number of hydrogen-bond donors (Lipinski definition) is 1. The molecule has 33 heavy (non-hydrogen) atoms. The Labute approximate surface area is 198 Å². The van der Waals surface area contributed by atoms with Crippen molar-refractivity contribution in [2.75, 3.05) is 26.7 Å². The number of fused-ring (bicyclic) bond motifs is 1. The van der Waals surface area contributed by atoms with E-state index in [1.165, 1.54) is 18.2 Å². The second-order valence-electron chi connectivity index (χ2n) is 10.0. The van der Waals surface area contributed by atoms with Gasteiger partial charge in [0.05, 0.1) is 11.3 Å². The largest absolute Gasteiger partial charge is 0.341 e. The zero-order valence-electron chi connectivity index (χ0n) is 19.6. The number of hydrogen-bond acceptors (Lipinski definition) is 4. The van der Waals surface area contributed by atoms with Crippen molar-refractivity contribution in [2.45, 2.75) is 52.7 Å². The topological polar surface area (TPSA) is 70.5 Å². The number of benzene rings is 1. The van der Waals surface area contributed by atoms with E-state index >= 15 is 0 Å². The Bertz CT molecular complexity index is 1070. The Hall–Kier alpha value is -2.45.